The van der Waals surface area contributed by atoms with Crippen LogP contribution < -0.4 is 21.1 Å². The molecule has 5 heterocycles. The number of ether oxygens (including phenoxy) is 3. The molecule has 12 heteroatoms. The second-order valence-electron chi connectivity index (χ2n) is 11.6. The number of thioether (sulfide) groups is 1. The normalized spacial score (nSPS) is 25.0. The monoisotopic (exact) mass is 592 g/mol. The minimum Gasteiger partial charge on any atom is -0.486 e. The maximum atomic E-state index is 6.73. The van der Waals surface area contributed by atoms with E-state index in [1.54, 1.807) is 13.3 Å². The second-order valence-corrected chi connectivity index (χ2v) is 12.6. The summed E-state index contributed by atoms with van der Waals surface area (Å²) in [4.78, 5) is 23.8. The zero-order valence-corrected chi connectivity index (χ0v) is 25.2. The van der Waals surface area contributed by atoms with Gasteiger partial charge in [0.15, 0.2) is 17.4 Å². The number of pyridine rings is 2. The summed E-state index contributed by atoms with van der Waals surface area (Å²) < 4.78 is 16.9. The number of fused-ring (bicyclic) bond motifs is 4. The van der Waals surface area contributed by atoms with Crippen LogP contribution in [-0.4, -0.2) is 80.2 Å². The zero-order chi connectivity index (χ0) is 29.3. The molecule has 4 aliphatic rings. The quantitative estimate of drug-likeness (QED) is 0.154. The smallest absolute Gasteiger partial charge is 0.175 e. The molecule has 1 aliphatic carbocycles. The third-order valence-corrected chi connectivity index (χ3v) is 10.2. The van der Waals surface area contributed by atoms with Gasteiger partial charge in [0.25, 0.3) is 0 Å². The average molecular weight is 593 g/mol. The summed E-state index contributed by atoms with van der Waals surface area (Å²) in [6.45, 7) is 9.94. The fraction of sp³-hybridized carbons (Fsp3) is 0.533. The highest BCUT2D eigenvalue weighted by Crippen LogP contribution is 2.50. The lowest BCUT2D eigenvalue weighted by molar-refractivity contribution is -0.0414. The van der Waals surface area contributed by atoms with E-state index in [4.69, 9.17) is 30.7 Å². The Bertz CT molecular complexity index is 1380. The first-order valence-corrected chi connectivity index (χ1v) is 15.3. The van der Waals surface area contributed by atoms with Crippen molar-refractivity contribution >= 4 is 30.1 Å². The molecule has 1 spiro atoms. The first kappa shape index (κ1) is 28.9. The molecule has 0 amide bonds. The summed E-state index contributed by atoms with van der Waals surface area (Å²) >= 11 is 1.40. The standard InChI is InChI=1S/C30H40N8O3S/c1-19(37-11-7-30(8-12-37)14-23-22(26(30)31)5-4-9-34-23)36-27(32)29(33-2)42-24-6-10-35-28-25(24)41-17-21-13-20(15-38(21)28)16-40-18-39-3/h4-6,9-10,20-21,26H,2,7-8,11-18,31-32H2,1,3H3/b29-27+,36-19?/t20-,21?,26+/m0/s1. The highest BCUT2D eigenvalue weighted by Gasteiger charge is 2.46. The SMILES string of the molecule is C=N/C(Sc1ccnc2c1OCC1C[C@H](COCOC)CN21)=C(/N)N=C(C)N1CCC2(CC1)Cc1ncccc1[C@H]2N. The van der Waals surface area contributed by atoms with Gasteiger partial charge in [0.2, 0.25) is 0 Å². The number of anilines is 1. The number of piperidine rings is 1. The van der Waals surface area contributed by atoms with Crippen LogP contribution in [-0.2, 0) is 15.9 Å². The van der Waals surface area contributed by atoms with E-state index in [1.807, 2.05) is 25.3 Å². The fourth-order valence-electron chi connectivity index (χ4n) is 6.85. The molecular weight excluding hydrogens is 552 g/mol. The number of hydrogen-bond donors (Lipinski definition) is 2. The summed E-state index contributed by atoms with van der Waals surface area (Å²) in [5, 5.41) is 0.536. The van der Waals surface area contributed by atoms with Crippen molar-refractivity contribution in [3.8, 4) is 5.75 Å². The first-order chi connectivity index (χ1) is 20.4. The van der Waals surface area contributed by atoms with Crippen molar-refractivity contribution < 1.29 is 14.2 Å². The molecule has 0 aromatic carbocycles. The molecule has 6 rings (SSSR count). The number of nitrogens with zero attached hydrogens (tertiary/aromatic N) is 6. The largest absolute Gasteiger partial charge is 0.486 e. The molecule has 11 nitrogen and oxygen atoms in total. The van der Waals surface area contributed by atoms with Crippen LogP contribution in [0.1, 0.15) is 43.5 Å². The fourth-order valence-corrected chi connectivity index (χ4v) is 7.65. The minimum atomic E-state index is 0.0257. The van der Waals surface area contributed by atoms with Crippen LogP contribution in [0.2, 0.25) is 0 Å². The van der Waals surface area contributed by atoms with Gasteiger partial charge in [-0.2, -0.15) is 0 Å². The number of aromatic nitrogens is 2. The van der Waals surface area contributed by atoms with Gasteiger partial charge in [-0.05, 0) is 62.4 Å². The van der Waals surface area contributed by atoms with Gasteiger partial charge >= 0.3 is 0 Å². The lowest BCUT2D eigenvalue weighted by Crippen LogP contribution is -2.46. The third kappa shape index (κ3) is 5.48. The van der Waals surface area contributed by atoms with Crippen molar-refractivity contribution in [3.05, 3.63) is 52.7 Å². The van der Waals surface area contributed by atoms with Crippen molar-refractivity contribution in [3.63, 3.8) is 0 Å². The predicted molar refractivity (Wildman–Crippen MR) is 165 cm³/mol. The number of methoxy groups -OCH3 is 1. The Morgan fingerprint density at radius 3 is 2.86 bits per heavy atom. The van der Waals surface area contributed by atoms with E-state index in [0.29, 0.717) is 36.8 Å². The van der Waals surface area contributed by atoms with Gasteiger partial charge in [-0.15, -0.1) is 0 Å². The molecule has 4 N–H and O–H groups in total. The molecule has 1 unspecified atom stereocenters. The maximum Gasteiger partial charge on any atom is 0.175 e. The van der Waals surface area contributed by atoms with E-state index in [2.05, 4.69) is 37.5 Å². The summed E-state index contributed by atoms with van der Waals surface area (Å²) in [7, 11) is 1.64. The van der Waals surface area contributed by atoms with E-state index in [-0.39, 0.29) is 17.5 Å². The van der Waals surface area contributed by atoms with E-state index in [1.165, 1.54) is 17.3 Å². The lowest BCUT2D eigenvalue weighted by Gasteiger charge is -2.42. The van der Waals surface area contributed by atoms with Crippen molar-refractivity contribution in [2.75, 3.05) is 51.7 Å². The van der Waals surface area contributed by atoms with Crippen molar-refractivity contribution in [2.24, 2.45) is 32.8 Å². The van der Waals surface area contributed by atoms with Gasteiger partial charge in [-0.25, -0.2) is 9.98 Å². The summed E-state index contributed by atoms with van der Waals surface area (Å²) in [5.74, 6) is 3.18. The average Bonchev–Trinajstić information content (AvgIpc) is 3.55. The van der Waals surface area contributed by atoms with Crippen LogP contribution in [0.3, 0.4) is 0 Å². The molecule has 2 aromatic heterocycles. The van der Waals surface area contributed by atoms with Crippen molar-refractivity contribution in [1.29, 1.82) is 0 Å². The first-order valence-electron chi connectivity index (χ1n) is 14.5. The topological polar surface area (TPSA) is 137 Å². The summed E-state index contributed by atoms with van der Waals surface area (Å²) in [5.41, 5.74) is 15.6. The Morgan fingerprint density at radius 1 is 1.26 bits per heavy atom. The maximum absolute atomic E-state index is 6.73. The molecule has 3 aliphatic heterocycles. The summed E-state index contributed by atoms with van der Waals surface area (Å²) in [6, 6.07) is 6.33. The molecule has 0 saturated carbocycles. The van der Waals surface area contributed by atoms with E-state index in [0.717, 1.165) is 73.3 Å². The second kappa shape index (κ2) is 12.2. The molecule has 0 radical (unpaired) electrons. The minimum absolute atomic E-state index is 0.0257. The molecule has 2 aromatic rings. The van der Waals surface area contributed by atoms with Gasteiger partial charge in [-0.1, -0.05) is 17.8 Å². The van der Waals surface area contributed by atoms with Gasteiger partial charge in [0.1, 0.15) is 24.3 Å². The number of rotatable bonds is 8. The lowest BCUT2D eigenvalue weighted by atomic mass is 9.73. The number of likely N-dealkylation sites (tertiary alicyclic amines) is 1. The number of nitrogens with two attached hydrogens (primary N) is 2. The van der Waals surface area contributed by atoms with Crippen LogP contribution in [0.25, 0.3) is 0 Å². The molecule has 3 atom stereocenters. The summed E-state index contributed by atoms with van der Waals surface area (Å²) in [6.07, 6.45) is 7.58. The highest BCUT2D eigenvalue weighted by atomic mass is 32.2. The predicted octanol–water partition coefficient (Wildman–Crippen LogP) is 3.32. The van der Waals surface area contributed by atoms with E-state index in [9.17, 15) is 0 Å². The van der Waals surface area contributed by atoms with E-state index < -0.39 is 0 Å². The molecular formula is C30H40N8O3S. The van der Waals surface area contributed by atoms with Crippen LogP contribution in [0, 0.1) is 11.3 Å². The van der Waals surface area contributed by atoms with Crippen LogP contribution in [0.4, 0.5) is 5.82 Å². The van der Waals surface area contributed by atoms with Crippen molar-refractivity contribution in [2.45, 2.75) is 49.6 Å². The number of aliphatic imine (C=N–C) groups is 2. The molecule has 0 bridgehead atoms. The number of amidine groups is 1. The molecule has 224 valence electrons. The van der Waals surface area contributed by atoms with Gasteiger partial charge < -0.3 is 35.5 Å². The zero-order valence-electron chi connectivity index (χ0n) is 24.4. The Balaban J connectivity index is 1.13. The van der Waals surface area contributed by atoms with Crippen LogP contribution in [0.15, 0.2) is 56.3 Å². The highest BCUT2D eigenvalue weighted by molar-refractivity contribution is 8.03. The van der Waals surface area contributed by atoms with Gasteiger partial charge in [0, 0.05) is 56.8 Å². The Morgan fingerprint density at radius 2 is 2.10 bits per heavy atom. The van der Waals surface area contributed by atoms with Crippen LogP contribution >= 0.6 is 11.8 Å². The molecule has 42 heavy (non-hydrogen) atoms. The Labute approximate surface area is 251 Å². The van der Waals surface area contributed by atoms with E-state index >= 15 is 0 Å². The third-order valence-electron chi connectivity index (χ3n) is 9.11. The van der Waals surface area contributed by atoms with Gasteiger partial charge in [0.05, 0.1) is 17.5 Å². The molecule has 2 fully saturated rings. The van der Waals surface area contributed by atoms with Gasteiger partial charge in [-0.3, -0.25) is 9.98 Å². The Hall–Kier alpha value is -3.19. The number of hydrogen-bond acceptors (Lipinski definition) is 11. The Kier molecular flexibility index (Phi) is 8.39. The van der Waals surface area contributed by atoms with Crippen LogP contribution in [0.5, 0.6) is 5.75 Å². The van der Waals surface area contributed by atoms with Crippen molar-refractivity contribution in [1.82, 2.24) is 14.9 Å². The molecule has 2 saturated heterocycles.